The molecule has 1 heterocycles. The second-order valence-electron chi connectivity index (χ2n) is 4.84. The van der Waals surface area contributed by atoms with Gasteiger partial charge in [-0.3, -0.25) is 4.72 Å². The lowest BCUT2D eigenvalue weighted by atomic mass is 10.2. The number of nitrogens with one attached hydrogen (secondary N) is 1. The van der Waals surface area contributed by atoms with Crippen molar-refractivity contribution in [2.45, 2.75) is 18.7 Å². The molecule has 0 saturated heterocycles. The number of hydrogen-bond donors (Lipinski definition) is 1. The largest absolute Gasteiger partial charge is 0.441 e. The highest BCUT2D eigenvalue weighted by molar-refractivity contribution is 7.92. The summed E-state index contributed by atoms with van der Waals surface area (Å²) in [5.41, 5.74) is 2.62. The van der Waals surface area contributed by atoms with E-state index < -0.39 is 10.0 Å². The van der Waals surface area contributed by atoms with Gasteiger partial charge < -0.3 is 4.42 Å². The predicted molar refractivity (Wildman–Crippen MR) is 80.7 cm³/mol. The lowest BCUT2D eigenvalue weighted by molar-refractivity contribution is 0.561. The Hall–Kier alpha value is -2.34. The molecule has 0 bridgehead atoms. The molecule has 1 aromatic heterocycles. The number of nitrogens with zero attached hydrogens (tertiary/aromatic N) is 1. The lowest BCUT2D eigenvalue weighted by Gasteiger charge is -2.08. The summed E-state index contributed by atoms with van der Waals surface area (Å²) >= 11 is 0. The fourth-order valence-electron chi connectivity index (χ4n) is 2.11. The van der Waals surface area contributed by atoms with Crippen LogP contribution in [0, 0.1) is 13.8 Å². The molecule has 0 amide bonds. The number of aromatic nitrogens is 1. The van der Waals surface area contributed by atoms with E-state index in [9.17, 15) is 8.42 Å². The molecule has 6 heteroatoms. The summed E-state index contributed by atoms with van der Waals surface area (Å²) in [7, 11) is -3.64. The van der Waals surface area contributed by atoms with Crippen molar-refractivity contribution in [1.82, 2.24) is 4.98 Å². The molecule has 0 aliphatic rings. The SMILES string of the molecule is Cc1cccc(NS(=O)(=O)c2ccc3oc(C)nc3c2)c1. The standard InChI is InChI=1S/C15H14N2O3S/c1-10-4-3-5-12(8-10)17-21(18,19)13-6-7-15-14(9-13)16-11(2)20-15/h3-9,17H,1-2H3. The van der Waals surface area contributed by atoms with Crippen LogP contribution in [-0.4, -0.2) is 13.4 Å². The minimum Gasteiger partial charge on any atom is -0.441 e. The maximum absolute atomic E-state index is 12.4. The summed E-state index contributed by atoms with van der Waals surface area (Å²) in [6, 6.07) is 11.8. The van der Waals surface area contributed by atoms with Crippen molar-refractivity contribution in [2.24, 2.45) is 0 Å². The lowest BCUT2D eigenvalue weighted by Crippen LogP contribution is -2.12. The van der Waals surface area contributed by atoms with Crippen LogP contribution in [0.25, 0.3) is 11.1 Å². The van der Waals surface area contributed by atoms with Gasteiger partial charge in [-0.2, -0.15) is 0 Å². The summed E-state index contributed by atoms with van der Waals surface area (Å²) in [6.45, 7) is 3.63. The number of hydrogen-bond acceptors (Lipinski definition) is 4. The summed E-state index contributed by atoms with van der Waals surface area (Å²) in [5.74, 6) is 0.506. The van der Waals surface area contributed by atoms with E-state index >= 15 is 0 Å². The molecule has 5 nitrogen and oxygen atoms in total. The van der Waals surface area contributed by atoms with Gasteiger partial charge in [-0.25, -0.2) is 13.4 Å². The van der Waals surface area contributed by atoms with Crippen molar-refractivity contribution in [3.05, 3.63) is 53.9 Å². The predicted octanol–water partition coefficient (Wildman–Crippen LogP) is 3.25. The third-order valence-corrected chi connectivity index (χ3v) is 4.43. The van der Waals surface area contributed by atoms with Crippen LogP contribution >= 0.6 is 0 Å². The second kappa shape index (κ2) is 4.89. The van der Waals surface area contributed by atoms with Crippen LogP contribution in [0.5, 0.6) is 0 Å². The number of oxazole rings is 1. The quantitative estimate of drug-likeness (QED) is 0.806. The number of benzene rings is 2. The normalized spacial score (nSPS) is 11.7. The Balaban J connectivity index is 1.99. The molecule has 0 unspecified atom stereocenters. The van der Waals surface area contributed by atoms with Crippen molar-refractivity contribution in [3.8, 4) is 0 Å². The van der Waals surface area contributed by atoms with Crippen molar-refractivity contribution in [3.63, 3.8) is 0 Å². The Morgan fingerprint density at radius 3 is 2.67 bits per heavy atom. The Kier molecular flexibility index (Phi) is 3.17. The first-order valence-corrected chi connectivity index (χ1v) is 7.89. The monoisotopic (exact) mass is 302 g/mol. The van der Waals surface area contributed by atoms with Crippen LogP contribution in [0.2, 0.25) is 0 Å². The molecule has 108 valence electrons. The molecule has 1 N–H and O–H groups in total. The van der Waals surface area contributed by atoms with Crippen LogP contribution in [0.15, 0.2) is 51.8 Å². The highest BCUT2D eigenvalue weighted by Gasteiger charge is 2.16. The van der Waals surface area contributed by atoms with E-state index in [1.54, 1.807) is 31.2 Å². The molecule has 21 heavy (non-hydrogen) atoms. The molecule has 2 aromatic carbocycles. The van der Waals surface area contributed by atoms with Gasteiger partial charge in [0.25, 0.3) is 10.0 Å². The molecular formula is C15H14N2O3S. The Bertz CT molecular complexity index is 914. The summed E-state index contributed by atoms with van der Waals surface area (Å²) in [4.78, 5) is 4.31. The summed E-state index contributed by atoms with van der Waals surface area (Å²) in [5, 5.41) is 0. The van der Waals surface area contributed by atoms with E-state index in [1.165, 1.54) is 12.1 Å². The third kappa shape index (κ3) is 2.75. The topological polar surface area (TPSA) is 72.2 Å². The number of anilines is 1. The fraction of sp³-hybridized carbons (Fsp3) is 0.133. The van der Waals surface area contributed by atoms with E-state index in [4.69, 9.17) is 4.42 Å². The van der Waals surface area contributed by atoms with E-state index in [0.29, 0.717) is 22.7 Å². The Labute approximate surface area is 122 Å². The molecule has 0 fully saturated rings. The Morgan fingerprint density at radius 1 is 1.10 bits per heavy atom. The zero-order chi connectivity index (χ0) is 15.0. The average molecular weight is 302 g/mol. The van der Waals surface area contributed by atoms with Crippen molar-refractivity contribution < 1.29 is 12.8 Å². The van der Waals surface area contributed by atoms with Crippen LogP contribution in [0.1, 0.15) is 11.5 Å². The fourth-order valence-corrected chi connectivity index (χ4v) is 3.18. The highest BCUT2D eigenvalue weighted by atomic mass is 32.2. The average Bonchev–Trinajstić information content (AvgIpc) is 2.77. The van der Waals surface area contributed by atoms with Gasteiger partial charge in [-0.15, -0.1) is 0 Å². The van der Waals surface area contributed by atoms with Crippen LogP contribution in [0.3, 0.4) is 0 Å². The number of rotatable bonds is 3. The van der Waals surface area contributed by atoms with Crippen molar-refractivity contribution >= 4 is 26.8 Å². The molecular weight excluding hydrogens is 288 g/mol. The van der Waals surface area contributed by atoms with Gasteiger partial charge in [0.05, 0.1) is 4.90 Å². The minimum absolute atomic E-state index is 0.157. The van der Waals surface area contributed by atoms with Gasteiger partial charge >= 0.3 is 0 Å². The maximum atomic E-state index is 12.4. The van der Waals surface area contributed by atoms with Gasteiger partial charge in [-0.1, -0.05) is 12.1 Å². The molecule has 0 radical (unpaired) electrons. The van der Waals surface area contributed by atoms with Gasteiger partial charge in [0, 0.05) is 12.6 Å². The molecule has 0 saturated carbocycles. The van der Waals surface area contributed by atoms with Gasteiger partial charge in [0.1, 0.15) is 5.52 Å². The van der Waals surface area contributed by atoms with Crippen LogP contribution in [0.4, 0.5) is 5.69 Å². The van der Waals surface area contributed by atoms with Crippen molar-refractivity contribution in [2.75, 3.05) is 4.72 Å². The molecule has 0 spiro atoms. The highest BCUT2D eigenvalue weighted by Crippen LogP contribution is 2.22. The zero-order valence-corrected chi connectivity index (χ0v) is 12.4. The number of sulfonamides is 1. The van der Waals surface area contributed by atoms with E-state index in [1.807, 2.05) is 13.0 Å². The van der Waals surface area contributed by atoms with Gasteiger partial charge in [0.15, 0.2) is 11.5 Å². The molecule has 0 aliphatic carbocycles. The van der Waals surface area contributed by atoms with Gasteiger partial charge in [0.2, 0.25) is 0 Å². The minimum atomic E-state index is -3.64. The number of fused-ring (bicyclic) bond motifs is 1. The maximum Gasteiger partial charge on any atom is 0.261 e. The van der Waals surface area contributed by atoms with Gasteiger partial charge in [-0.05, 0) is 42.8 Å². The number of aryl methyl sites for hydroxylation is 2. The molecule has 3 aromatic rings. The first-order valence-electron chi connectivity index (χ1n) is 6.41. The zero-order valence-electron chi connectivity index (χ0n) is 11.6. The van der Waals surface area contributed by atoms with E-state index in [-0.39, 0.29) is 4.90 Å². The van der Waals surface area contributed by atoms with E-state index in [0.717, 1.165) is 5.56 Å². The Morgan fingerprint density at radius 2 is 1.90 bits per heavy atom. The van der Waals surface area contributed by atoms with Crippen LogP contribution < -0.4 is 4.72 Å². The summed E-state index contributed by atoms with van der Waals surface area (Å²) in [6.07, 6.45) is 0. The first kappa shape index (κ1) is 13.6. The smallest absolute Gasteiger partial charge is 0.261 e. The van der Waals surface area contributed by atoms with E-state index in [2.05, 4.69) is 9.71 Å². The second-order valence-corrected chi connectivity index (χ2v) is 6.52. The summed E-state index contributed by atoms with van der Waals surface area (Å²) < 4.78 is 32.7. The molecule has 0 aliphatic heterocycles. The third-order valence-electron chi connectivity index (χ3n) is 3.05. The van der Waals surface area contributed by atoms with Crippen LogP contribution in [-0.2, 0) is 10.0 Å². The first-order chi connectivity index (χ1) is 9.94. The molecule has 0 atom stereocenters. The van der Waals surface area contributed by atoms with Crippen molar-refractivity contribution in [1.29, 1.82) is 0 Å². The molecule has 3 rings (SSSR count).